The van der Waals surface area contributed by atoms with E-state index in [1.807, 2.05) is 0 Å². The van der Waals surface area contributed by atoms with Gasteiger partial charge in [-0.3, -0.25) is 9.89 Å². The van der Waals surface area contributed by atoms with E-state index in [1.54, 1.807) is 7.05 Å². The van der Waals surface area contributed by atoms with Gasteiger partial charge in [0.05, 0.1) is 25.3 Å². The second-order valence-corrected chi connectivity index (χ2v) is 6.74. The number of nitrogens with zero attached hydrogens (tertiary/aromatic N) is 4. The number of ether oxygens (including phenoxy) is 2. The van der Waals surface area contributed by atoms with Crippen LogP contribution in [0.1, 0.15) is 12.0 Å². The van der Waals surface area contributed by atoms with Gasteiger partial charge in [0.2, 0.25) is 5.88 Å². The van der Waals surface area contributed by atoms with Crippen LogP contribution in [0.3, 0.4) is 0 Å². The van der Waals surface area contributed by atoms with E-state index in [1.165, 1.54) is 6.07 Å². The summed E-state index contributed by atoms with van der Waals surface area (Å²) in [6, 6.07) is 2.70. The van der Waals surface area contributed by atoms with Crippen molar-refractivity contribution in [1.29, 1.82) is 0 Å². The predicted molar refractivity (Wildman–Crippen MR) is 98.5 cm³/mol. The van der Waals surface area contributed by atoms with E-state index < -0.39 is 11.7 Å². The molecule has 0 saturated carbocycles. The summed E-state index contributed by atoms with van der Waals surface area (Å²) in [6.07, 6.45) is -2.53. The Labute approximate surface area is 162 Å². The minimum absolute atomic E-state index is 0.165. The second kappa shape index (κ2) is 9.42. The largest absolute Gasteiger partial charge is 0.476 e. The highest BCUT2D eigenvalue weighted by atomic mass is 19.4. The van der Waals surface area contributed by atoms with Gasteiger partial charge in [-0.1, -0.05) is 0 Å². The molecule has 2 aliphatic rings. The average molecular weight is 401 g/mol. The number of pyridine rings is 1. The Morgan fingerprint density at radius 1 is 1.32 bits per heavy atom. The molecule has 1 unspecified atom stereocenters. The molecule has 0 radical (unpaired) electrons. The van der Waals surface area contributed by atoms with Crippen LogP contribution in [0.15, 0.2) is 23.3 Å². The summed E-state index contributed by atoms with van der Waals surface area (Å²) < 4.78 is 48.4. The number of morpholine rings is 1. The van der Waals surface area contributed by atoms with Crippen molar-refractivity contribution < 1.29 is 22.6 Å². The van der Waals surface area contributed by atoms with Crippen LogP contribution < -0.4 is 10.1 Å². The summed E-state index contributed by atoms with van der Waals surface area (Å²) in [6.45, 7) is 6.13. The third kappa shape index (κ3) is 5.48. The summed E-state index contributed by atoms with van der Waals surface area (Å²) in [7, 11) is 1.74. The number of nitrogens with one attached hydrogen (secondary N) is 1. The van der Waals surface area contributed by atoms with Gasteiger partial charge in [0.15, 0.2) is 5.96 Å². The van der Waals surface area contributed by atoms with Gasteiger partial charge in [0.25, 0.3) is 0 Å². The topological polar surface area (TPSA) is 62.2 Å². The number of halogens is 3. The highest BCUT2D eigenvalue weighted by molar-refractivity contribution is 5.80. The van der Waals surface area contributed by atoms with Crippen LogP contribution in [0.4, 0.5) is 13.2 Å². The first-order valence-electron chi connectivity index (χ1n) is 9.41. The molecule has 0 bridgehead atoms. The number of aromatic nitrogens is 1. The zero-order valence-electron chi connectivity index (χ0n) is 15.9. The monoisotopic (exact) mass is 401 g/mol. The molecule has 0 spiro atoms. The van der Waals surface area contributed by atoms with E-state index in [-0.39, 0.29) is 12.5 Å². The van der Waals surface area contributed by atoms with E-state index in [0.29, 0.717) is 12.6 Å². The van der Waals surface area contributed by atoms with Crippen LogP contribution >= 0.6 is 0 Å². The van der Waals surface area contributed by atoms with Gasteiger partial charge >= 0.3 is 6.18 Å². The summed E-state index contributed by atoms with van der Waals surface area (Å²) in [5, 5.41) is 3.24. The Balaban J connectivity index is 1.40. The van der Waals surface area contributed by atoms with Gasteiger partial charge in [-0.15, -0.1) is 0 Å². The third-order valence-electron chi connectivity index (χ3n) is 4.94. The molecule has 1 aromatic rings. The maximum Gasteiger partial charge on any atom is 0.417 e. The Morgan fingerprint density at radius 2 is 2.11 bits per heavy atom. The van der Waals surface area contributed by atoms with Gasteiger partial charge < -0.3 is 19.7 Å². The maximum atomic E-state index is 12.5. The lowest BCUT2D eigenvalue weighted by Gasteiger charge is -2.32. The van der Waals surface area contributed by atoms with Crippen LogP contribution in [0.5, 0.6) is 5.88 Å². The van der Waals surface area contributed by atoms with Gasteiger partial charge in [0, 0.05) is 51.5 Å². The Bertz CT molecular complexity index is 648. The second-order valence-electron chi connectivity index (χ2n) is 6.74. The first-order chi connectivity index (χ1) is 13.5. The zero-order chi connectivity index (χ0) is 20.0. The highest BCUT2D eigenvalue weighted by Gasteiger charge is 2.31. The summed E-state index contributed by atoms with van der Waals surface area (Å²) >= 11 is 0. The number of hydrogen-bond acceptors (Lipinski definition) is 5. The fourth-order valence-electron chi connectivity index (χ4n) is 3.46. The molecule has 7 nitrogen and oxygen atoms in total. The highest BCUT2D eigenvalue weighted by Crippen LogP contribution is 2.29. The van der Waals surface area contributed by atoms with Crippen molar-refractivity contribution in [2.75, 3.05) is 59.6 Å². The van der Waals surface area contributed by atoms with Crippen molar-refractivity contribution in [3.63, 3.8) is 0 Å². The quantitative estimate of drug-likeness (QED) is 0.458. The lowest BCUT2D eigenvalue weighted by molar-refractivity contribution is -0.137. The summed E-state index contributed by atoms with van der Waals surface area (Å²) in [4.78, 5) is 12.7. The smallest absolute Gasteiger partial charge is 0.417 e. The van der Waals surface area contributed by atoms with Crippen molar-refractivity contribution in [2.45, 2.75) is 18.6 Å². The predicted octanol–water partition coefficient (Wildman–Crippen LogP) is 1.46. The maximum absolute atomic E-state index is 12.5. The molecule has 0 aromatic carbocycles. The fourth-order valence-corrected chi connectivity index (χ4v) is 3.46. The van der Waals surface area contributed by atoms with Crippen molar-refractivity contribution >= 4 is 5.96 Å². The van der Waals surface area contributed by atoms with Crippen LogP contribution in [-0.2, 0) is 10.9 Å². The third-order valence-corrected chi connectivity index (χ3v) is 4.94. The SMILES string of the molecule is CN=C(NCCOc1ccc(C(F)(F)F)cn1)N1CCC(N2CCOCC2)C1. The molecule has 28 heavy (non-hydrogen) atoms. The fraction of sp³-hybridized carbons (Fsp3) is 0.667. The number of aliphatic imine (C=N–C) groups is 1. The zero-order valence-corrected chi connectivity index (χ0v) is 15.9. The number of alkyl halides is 3. The van der Waals surface area contributed by atoms with Crippen molar-refractivity contribution in [3.05, 3.63) is 23.9 Å². The Hall–Kier alpha value is -2.07. The average Bonchev–Trinajstić information content (AvgIpc) is 3.18. The molecule has 0 aliphatic carbocycles. The lowest BCUT2D eigenvalue weighted by atomic mass is 10.2. The van der Waals surface area contributed by atoms with Crippen LogP contribution in [0.25, 0.3) is 0 Å². The van der Waals surface area contributed by atoms with E-state index in [4.69, 9.17) is 9.47 Å². The molecule has 1 aromatic heterocycles. The van der Waals surface area contributed by atoms with E-state index in [9.17, 15) is 13.2 Å². The minimum atomic E-state index is -4.39. The Kier molecular flexibility index (Phi) is 6.95. The van der Waals surface area contributed by atoms with Gasteiger partial charge in [-0.2, -0.15) is 13.2 Å². The molecular formula is C18H26F3N5O2. The molecule has 1 atom stereocenters. The number of rotatable bonds is 5. The van der Waals surface area contributed by atoms with Gasteiger partial charge in [-0.05, 0) is 12.5 Å². The molecule has 3 heterocycles. The van der Waals surface area contributed by atoms with E-state index in [2.05, 4.69) is 25.1 Å². The van der Waals surface area contributed by atoms with Crippen molar-refractivity contribution in [2.24, 2.45) is 4.99 Å². The molecule has 2 fully saturated rings. The Morgan fingerprint density at radius 3 is 2.75 bits per heavy atom. The molecule has 0 amide bonds. The van der Waals surface area contributed by atoms with Crippen LogP contribution in [0, 0.1) is 0 Å². The minimum Gasteiger partial charge on any atom is -0.476 e. The van der Waals surface area contributed by atoms with Crippen LogP contribution in [0.2, 0.25) is 0 Å². The molecule has 156 valence electrons. The molecule has 2 saturated heterocycles. The van der Waals surface area contributed by atoms with Crippen LogP contribution in [-0.4, -0.2) is 86.4 Å². The first kappa shape index (κ1) is 20.7. The normalized spacial score (nSPS) is 21.8. The van der Waals surface area contributed by atoms with E-state index >= 15 is 0 Å². The van der Waals surface area contributed by atoms with Crippen molar-refractivity contribution in [1.82, 2.24) is 20.1 Å². The molecule has 3 rings (SSSR count). The molecule has 2 aliphatic heterocycles. The lowest BCUT2D eigenvalue weighted by Crippen LogP contribution is -2.47. The van der Waals surface area contributed by atoms with Gasteiger partial charge in [-0.25, -0.2) is 4.98 Å². The standard InChI is InChI=1S/C18H26F3N5O2/c1-22-17(26-6-4-15(13-26)25-7-10-27-11-8-25)23-5-9-28-16-3-2-14(12-24-16)18(19,20)21/h2-3,12,15H,4-11,13H2,1H3,(H,22,23). The number of hydrogen-bond donors (Lipinski definition) is 1. The number of guanidine groups is 1. The summed E-state index contributed by atoms with van der Waals surface area (Å²) in [5.41, 5.74) is -0.790. The number of likely N-dealkylation sites (tertiary alicyclic amines) is 1. The molecular weight excluding hydrogens is 375 g/mol. The van der Waals surface area contributed by atoms with E-state index in [0.717, 1.165) is 64.0 Å². The first-order valence-corrected chi connectivity index (χ1v) is 9.41. The van der Waals surface area contributed by atoms with Crippen molar-refractivity contribution in [3.8, 4) is 5.88 Å². The summed E-state index contributed by atoms with van der Waals surface area (Å²) in [5.74, 6) is 0.970. The molecule has 1 N–H and O–H groups in total. The van der Waals surface area contributed by atoms with Gasteiger partial charge in [0.1, 0.15) is 6.61 Å². The molecule has 10 heteroatoms.